The number of aromatic nitrogens is 1. The number of aryl methyl sites for hydroxylation is 1. The molecular formula is C13H20N2O3. The third-order valence-corrected chi connectivity index (χ3v) is 2.39. The molecule has 100 valence electrons. The van der Waals surface area contributed by atoms with Gasteiger partial charge in [-0.25, -0.2) is 0 Å². The Morgan fingerprint density at radius 1 is 1.50 bits per heavy atom. The van der Waals surface area contributed by atoms with Crippen molar-refractivity contribution in [1.82, 2.24) is 4.98 Å². The number of rotatable bonds is 3. The van der Waals surface area contributed by atoms with E-state index in [-0.39, 0.29) is 0 Å². The predicted octanol–water partition coefficient (Wildman–Crippen LogP) is 1.09. The minimum atomic E-state index is -1.12. The van der Waals surface area contributed by atoms with E-state index in [4.69, 9.17) is 10.5 Å². The van der Waals surface area contributed by atoms with E-state index in [1.165, 1.54) is 0 Å². The van der Waals surface area contributed by atoms with Crippen LogP contribution in [0.5, 0.6) is 0 Å². The molecule has 0 radical (unpaired) electrons. The number of aliphatic hydroxyl groups is 1. The molecule has 1 aromatic heterocycles. The average molecular weight is 252 g/mol. The van der Waals surface area contributed by atoms with E-state index in [1.54, 1.807) is 46.0 Å². The molecule has 1 aromatic rings. The number of nitrogens with zero attached hydrogens (tertiary/aromatic N) is 1. The highest BCUT2D eigenvalue weighted by molar-refractivity contribution is 5.77. The summed E-state index contributed by atoms with van der Waals surface area (Å²) in [6, 6.07) is 2.26. The zero-order chi connectivity index (χ0) is 13.9. The van der Waals surface area contributed by atoms with E-state index >= 15 is 0 Å². The summed E-state index contributed by atoms with van der Waals surface area (Å²) in [7, 11) is 0. The average Bonchev–Trinajstić information content (AvgIpc) is 2.25. The number of aliphatic hydroxyl groups excluding tert-OH is 1. The first-order valence-corrected chi connectivity index (χ1v) is 5.80. The van der Waals surface area contributed by atoms with Gasteiger partial charge in [0.2, 0.25) is 0 Å². The maximum Gasteiger partial charge on any atom is 0.326 e. The zero-order valence-electron chi connectivity index (χ0n) is 11.2. The minimum absolute atomic E-state index is 0.538. The Hall–Kier alpha value is -1.46. The number of nitrogens with two attached hydrogens (primary N) is 1. The third kappa shape index (κ3) is 3.78. The van der Waals surface area contributed by atoms with Crippen molar-refractivity contribution in [3.8, 4) is 0 Å². The van der Waals surface area contributed by atoms with Crippen LogP contribution in [0.2, 0.25) is 0 Å². The number of carbonyl (C=O) groups excluding carboxylic acids is 1. The number of hydrogen-bond donors (Lipinski definition) is 2. The molecule has 0 spiro atoms. The summed E-state index contributed by atoms with van der Waals surface area (Å²) in [5.74, 6) is -0.627. The van der Waals surface area contributed by atoms with Crippen molar-refractivity contribution in [2.24, 2.45) is 5.73 Å². The van der Waals surface area contributed by atoms with E-state index in [0.29, 0.717) is 11.3 Å². The van der Waals surface area contributed by atoms with Crippen LogP contribution in [0, 0.1) is 6.92 Å². The lowest BCUT2D eigenvalue weighted by atomic mass is 10.0. The fraction of sp³-hybridized carbons (Fsp3) is 0.538. The quantitative estimate of drug-likeness (QED) is 0.787. The first-order valence-electron chi connectivity index (χ1n) is 5.80. The molecule has 2 unspecified atom stereocenters. The lowest BCUT2D eigenvalue weighted by molar-refractivity contribution is -0.159. The van der Waals surface area contributed by atoms with Gasteiger partial charge in [-0.3, -0.25) is 9.78 Å². The van der Waals surface area contributed by atoms with Crippen molar-refractivity contribution in [3.63, 3.8) is 0 Å². The molecule has 0 bridgehead atoms. The summed E-state index contributed by atoms with van der Waals surface area (Å²) in [6.45, 7) is 7.00. The fourth-order valence-corrected chi connectivity index (χ4v) is 1.50. The van der Waals surface area contributed by atoms with Gasteiger partial charge in [-0.15, -0.1) is 0 Å². The minimum Gasteiger partial charge on any atom is -0.459 e. The van der Waals surface area contributed by atoms with Crippen molar-refractivity contribution in [2.75, 3.05) is 0 Å². The Bertz CT molecular complexity index is 426. The first kappa shape index (κ1) is 14.6. The topological polar surface area (TPSA) is 85.4 Å². The lowest BCUT2D eigenvalue weighted by Gasteiger charge is -2.25. The van der Waals surface area contributed by atoms with Gasteiger partial charge in [-0.2, -0.15) is 0 Å². The van der Waals surface area contributed by atoms with Gasteiger partial charge < -0.3 is 15.6 Å². The second-order valence-electron chi connectivity index (χ2n) is 5.18. The number of carbonyl (C=O) groups is 1. The molecule has 0 saturated heterocycles. The summed E-state index contributed by atoms with van der Waals surface area (Å²) in [5.41, 5.74) is 6.27. The van der Waals surface area contributed by atoms with Gasteiger partial charge in [0.25, 0.3) is 0 Å². The van der Waals surface area contributed by atoms with E-state index in [1.807, 2.05) is 0 Å². The van der Waals surface area contributed by atoms with Crippen molar-refractivity contribution in [1.29, 1.82) is 0 Å². The van der Waals surface area contributed by atoms with E-state index in [9.17, 15) is 9.90 Å². The van der Waals surface area contributed by atoms with Gasteiger partial charge in [0.1, 0.15) is 17.7 Å². The van der Waals surface area contributed by atoms with Crippen LogP contribution in [-0.2, 0) is 9.53 Å². The molecule has 3 N–H and O–H groups in total. The molecule has 18 heavy (non-hydrogen) atoms. The standard InChI is InChI=1S/C13H20N2O3/c1-8-9(6-5-7-15-8)11(16)10(14)12(17)18-13(2,3)4/h5-7,10-11,16H,14H2,1-4H3. The van der Waals surface area contributed by atoms with Crippen LogP contribution in [0.1, 0.15) is 38.1 Å². The van der Waals surface area contributed by atoms with Gasteiger partial charge in [0, 0.05) is 17.5 Å². The van der Waals surface area contributed by atoms with Gasteiger partial charge in [0.05, 0.1) is 0 Å². The van der Waals surface area contributed by atoms with Crippen molar-refractivity contribution >= 4 is 5.97 Å². The number of esters is 1. The second kappa shape index (κ2) is 5.46. The van der Waals surface area contributed by atoms with Crippen LogP contribution >= 0.6 is 0 Å². The lowest BCUT2D eigenvalue weighted by Crippen LogP contribution is -2.41. The molecule has 0 amide bonds. The summed E-state index contributed by atoms with van der Waals surface area (Å²) < 4.78 is 5.14. The van der Waals surface area contributed by atoms with Gasteiger partial charge in [0.15, 0.2) is 0 Å². The summed E-state index contributed by atoms with van der Waals surface area (Å²) in [5, 5.41) is 10.1. The number of pyridine rings is 1. The monoisotopic (exact) mass is 252 g/mol. The molecule has 1 heterocycles. The number of ether oxygens (including phenoxy) is 1. The highest BCUT2D eigenvalue weighted by Crippen LogP contribution is 2.20. The normalized spacial score (nSPS) is 15.0. The largest absolute Gasteiger partial charge is 0.459 e. The van der Waals surface area contributed by atoms with Crippen LogP contribution in [0.25, 0.3) is 0 Å². The van der Waals surface area contributed by atoms with Crippen molar-refractivity contribution < 1.29 is 14.6 Å². The Morgan fingerprint density at radius 2 is 2.11 bits per heavy atom. The van der Waals surface area contributed by atoms with Crippen LogP contribution in [0.3, 0.4) is 0 Å². The molecule has 0 aliphatic rings. The maximum atomic E-state index is 11.8. The van der Waals surface area contributed by atoms with E-state index < -0.39 is 23.7 Å². The van der Waals surface area contributed by atoms with Crippen molar-refractivity contribution in [3.05, 3.63) is 29.6 Å². The third-order valence-electron chi connectivity index (χ3n) is 2.39. The van der Waals surface area contributed by atoms with Crippen LogP contribution in [0.15, 0.2) is 18.3 Å². The summed E-state index contributed by atoms with van der Waals surface area (Å²) >= 11 is 0. The molecule has 0 saturated carbocycles. The first-order chi connectivity index (χ1) is 8.22. The van der Waals surface area contributed by atoms with Crippen LogP contribution in [0.4, 0.5) is 0 Å². The Morgan fingerprint density at radius 3 is 2.61 bits per heavy atom. The Kier molecular flexibility index (Phi) is 4.43. The zero-order valence-corrected chi connectivity index (χ0v) is 11.2. The van der Waals surface area contributed by atoms with Gasteiger partial charge >= 0.3 is 5.97 Å². The summed E-state index contributed by atoms with van der Waals surface area (Å²) in [4.78, 5) is 15.8. The van der Waals surface area contributed by atoms with Crippen LogP contribution < -0.4 is 5.73 Å². The number of hydrogen-bond acceptors (Lipinski definition) is 5. The smallest absolute Gasteiger partial charge is 0.326 e. The van der Waals surface area contributed by atoms with Crippen LogP contribution in [-0.4, -0.2) is 27.7 Å². The Balaban J connectivity index is 2.82. The van der Waals surface area contributed by atoms with E-state index in [0.717, 1.165) is 0 Å². The molecule has 2 atom stereocenters. The fourth-order valence-electron chi connectivity index (χ4n) is 1.50. The molecular weight excluding hydrogens is 232 g/mol. The summed E-state index contributed by atoms with van der Waals surface area (Å²) in [6.07, 6.45) is 0.499. The molecule has 0 aromatic carbocycles. The molecule has 0 aliphatic carbocycles. The predicted molar refractivity (Wildman–Crippen MR) is 67.8 cm³/mol. The van der Waals surface area contributed by atoms with Gasteiger partial charge in [-0.05, 0) is 33.8 Å². The highest BCUT2D eigenvalue weighted by atomic mass is 16.6. The van der Waals surface area contributed by atoms with E-state index in [2.05, 4.69) is 4.98 Å². The Labute approximate surface area is 107 Å². The van der Waals surface area contributed by atoms with Crippen molar-refractivity contribution in [2.45, 2.75) is 45.4 Å². The molecule has 0 aliphatic heterocycles. The second-order valence-corrected chi connectivity index (χ2v) is 5.18. The SMILES string of the molecule is Cc1ncccc1C(O)C(N)C(=O)OC(C)(C)C. The highest BCUT2D eigenvalue weighted by Gasteiger charge is 2.29. The molecule has 5 heteroatoms. The molecule has 1 rings (SSSR count). The molecule has 0 fully saturated rings. The van der Waals surface area contributed by atoms with Gasteiger partial charge in [-0.1, -0.05) is 6.07 Å². The maximum absolute atomic E-state index is 11.8. The molecule has 5 nitrogen and oxygen atoms in total.